The molecule has 4 aliphatic carbocycles. The summed E-state index contributed by atoms with van der Waals surface area (Å²) < 4.78 is 12.9. The van der Waals surface area contributed by atoms with Crippen molar-refractivity contribution in [3.05, 3.63) is 71.5 Å². The van der Waals surface area contributed by atoms with Crippen molar-refractivity contribution in [2.24, 2.45) is 17.8 Å². The quantitative estimate of drug-likeness (QED) is 0.253. The molecule has 0 unspecified atom stereocenters. The van der Waals surface area contributed by atoms with Crippen LogP contribution in [0.1, 0.15) is 74.0 Å². The highest BCUT2D eigenvalue weighted by Crippen LogP contribution is 2.55. The molecule has 2 heterocycles. The van der Waals surface area contributed by atoms with Crippen molar-refractivity contribution in [1.29, 1.82) is 0 Å². The first-order valence-electron chi connectivity index (χ1n) is 14.7. The van der Waals surface area contributed by atoms with Gasteiger partial charge in [0.25, 0.3) is 0 Å². The fourth-order valence-corrected chi connectivity index (χ4v) is 8.65. The number of hydrogen-bond donors (Lipinski definition) is 4. The number of ether oxygens (including phenoxy) is 2. The second kappa shape index (κ2) is 11.4. The Kier molecular flexibility index (Phi) is 7.49. The van der Waals surface area contributed by atoms with E-state index in [1.165, 1.54) is 25.6 Å². The maximum Gasteiger partial charge on any atom is 0.319 e. The number of aromatic nitrogens is 3. The Morgan fingerprint density at radius 2 is 1.63 bits per heavy atom. The van der Waals surface area contributed by atoms with E-state index < -0.39 is 6.29 Å². The van der Waals surface area contributed by atoms with Crippen LogP contribution in [0.5, 0.6) is 0 Å². The summed E-state index contributed by atoms with van der Waals surface area (Å²) in [5, 5.41) is 23.5. The second-order valence-electron chi connectivity index (χ2n) is 12.4. The molecule has 8 rings (SSSR count). The normalized spacial score (nSPS) is 32.1. The maximum absolute atomic E-state index is 13.0. The van der Waals surface area contributed by atoms with E-state index >= 15 is 0 Å². The Labute approximate surface area is 244 Å². The van der Waals surface area contributed by atoms with E-state index in [4.69, 9.17) is 9.47 Å². The number of nitrogens with one attached hydrogen (secondary N) is 3. The van der Waals surface area contributed by atoms with Crippen LogP contribution in [-0.2, 0) is 16.1 Å². The van der Waals surface area contributed by atoms with Gasteiger partial charge in [-0.25, -0.2) is 9.78 Å². The predicted molar refractivity (Wildman–Crippen MR) is 155 cm³/mol. The van der Waals surface area contributed by atoms with E-state index in [0.29, 0.717) is 12.2 Å². The maximum atomic E-state index is 13.0. The molecule has 1 saturated heterocycles. The molecule has 10 heteroatoms. The average molecular weight is 576 g/mol. The van der Waals surface area contributed by atoms with Crippen LogP contribution in [0.25, 0.3) is 0 Å². The highest BCUT2D eigenvalue weighted by molar-refractivity contribution is 7.99. The van der Waals surface area contributed by atoms with Crippen molar-refractivity contribution in [3.8, 4) is 0 Å². The van der Waals surface area contributed by atoms with Crippen LogP contribution in [-0.4, -0.2) is 43.7 Å². The van der Waals surface area contributed by atoms with Gasteiger partial charge >= 0.3 is 6.03 Å². The number of aliphatic hydroxyl groups is 1. The van der Waals surface area contributed by atoms with Crippen molar-refractivity contribution < 1.29 is 19.4 Å². The molecule has 2 amide bonds. The van der Waals surface area contributed by atoms with Crippen molar-refractivity contribution in [2.45, 2.75) is 80.7 Å². The lowest BCUT2D eigenvalue weighted by atomic mass is 9.53. The van der Waals surface area contributed by atoms with E-state index in [1.807, 2.05) is 48.5 Å². The van der Waals surface area contributed by atoms with Crippen LogP contribution < -0.4 is 10.6 Å². The molecule has 5 aliphatic rings. The van der Waals surface area contributed by atoms with Crippen LogP contribution in [0.2, 0.25) is 0 Å². The van der Waals surface area contributed by atoms with Crippen LogP contribution in [0.3, 0.4) is 0 Å². The molecule has 4 bridgehead atoms. The topological polar surface area (TPSA) is 121 Å². The zero-order chi connectivity index (χ0) is 27.8. The lowest BCUT2D eigenvalue weighted by Gasteiger charge is -2.56. The summed E-state index contributed by atoms with van der Waals surface area (Å²) in [4.78, 5) is 17.3. The fraction of sp³-hybridized carbons (Fsp3) is 0.516. The number of anilines is 1. The van der Waals surface area contributed by atoms with E-state index in [9.17, 15) is 9.90 Å². The molecule has 9 nitrogen and oxygen atoms in total. The Bertz CT molecular complexity index is 1300. The van der Waals surface area contributed by atoms with Gasteiger partial charge in [0.2, 0.25) is 0 Å². The van der Waals surface area contributed by atoms with E-state index in [2.05, 4.69) is 25.8 Å². The smallest absolute Gasteiger partial charge is 0.319 e. The zero-order valence-corrected chi connectivity index (χ0v) is 23.8. The summed E-state index contributed by atoms with van der Waals surface area (Å²) in [6.45, 7) is 0.00886. The summed E-state index contributed by atoms with van der Waals surface area (Å²) in [5.41, 5.74) is 3.53. The minimum Gasteiger partial charge on any atom is -0.392 e. The molecule has 4 saturated carbocycles. The number of amides is 2. The molecule has 1 aliphatic heterocycles. The molecule has 0 radical (unpaired) electrons. The largest absolute Gasteiger partial charge is 0.392 e. The molecule has 41 heavy (non-hydrogen) atoms. The minimum absolute atomic E-state index is 0.00886. The standard InChI is InChI=1S/C31H37N5O4S/c37-16-19-1-3-23(4-2-19)27-12-26(17-41-30-32-18-33-36-30)39-28(40-27)24-5-7-25(8-6-24)34-29(38)35-31-13-20-9-21(14-31)11-22(10-20)15-31/h1-8,18,20-22,26-28,37H,9-17H2,(H,32,33,36)(H2,34,35,38)/t20?,21?,22?,26-,27+,28+,31?/m0/s1. The van der Waals surface area contributed by atoms with Gasteiger partial charge in [-0.05, 0) is 79.5 Å². The Hall–Kier alpha value is -2.92. The first kappa shape index (κ1) is 26.9. The SMILES string of the molecule is O=C(Nc1ccc([C@@H]2O[C@H](CSc3ncn[nH]3)C[C@H](c3ccc(CO)cc3)O2)cc1)NC12CC3CC(CC(C3)C1)C2. The van der Waals surface area contributed by atoms with Gasteiger partial charge in [0.05, 0.1) is 18.8 Å². The lowest BCUT2D eigenvalue weighted by Crippen LogP contribution is -2.60. The number of nitrogens with zero attached hydrogens (tertiary/aromatic N) is 2. The number of carbonyl (C=O) groups excluding carboxylic acids is 1. The number of aliphatic hydroxyl groups excluding tert-OH is 1. The number of hydrogen-bond acceptors (Lipinski definition) is 7. The van der Waals surface area contributed by atoms with Gasteiger partial charge < -0.3 is 25.2 Å². The summed E-state index contributed by atoms with van der Waals surface area (Å²) in [7, 11) is 0. The van der Waals surface area contributed by atoms with Crippen LogP contribution in [0.4, 0.5) is 10.5 Å². The van der Waals surface area contributed by atoms with Gasteiger partial charge in [-0.2, -0.15) is 5.10 Å². The fourth-order valence-electron chi connectivity index (χ4n) is 7.85. The van der Waals surface area contributed by atoms with Crippen molar-refractivity contribution >= 4 is 23.5 Å². The minimum atomic E-state index is -0.554. The number of urea groups is 1. The Balaban J connectivity index is 1.02. The molecule has 3 aromatic rings. The highest BCUT2D eigenvalue weighted by atomic mass is 32.2. The molecular weight excluding hydrogens is 538 g/mol. The van der Waals surface area contributed by atoms with Crippen LogP contribution in [0.15, 0.2) is 60.0 Å². The third kappa shape index (κ3) is 6.02. The molecule has 216 valence electrons. The summed E-state index contributed by atoms with van der Waals surface area (Å²) >= 11 is 1.57. The van der Waals surface area contributed by atoms with E-state index in [1.54, 1.807) is 11.8 Å². The molecule has 0 spiro atoms. The van der Waals surface area contributed by atoms with Crippen molar-refractivity contribution in [2.75, 3.05) is 11.1 Å². The molecule has 5 fully saturated rings. The first-order valence-corrected chi connectivity index (χ1v) is 15.7. The molecule has 4 N–H and O–H groups in total. The monoisotopic (exact) mass is 575 g/mol. The predicted octanol–water partition coefficient (Wildman–Crippen LogP) is 5.73. The summed E-state index contributed by atoms with van der Waals surface area (Å²) in [6.07, 6.45) is 8.84. The lowest BCUT2D eigenvalue weighted by molar-refractivity contribution is -0.245. The number of rotatable bonds is 8. The first-order chi connectivity index (χ1) is 20.0. The molecular formula is C31H37N5O4S. The van der Waals surface area contributed by atoms with E-state index in [-0.39, 0.29) is 30.4 Å². The summed E-state index contributed by atoms with van der Waals surface area (Å²) in [6, 6.07) is 15.5. The average Bonchev–Trinajstić information content (AvgIpc) is 3.49. The number of benzene rings is 2. The number of thioether (sulfide) groups is 1. The van der Waals surface area contributed by atoms with Crippen LogP contribution in [0, 0.1) is 17.8 Å². The van der Waals surface area contributed by atoms with Crippen molar-refractivity contribution in [1.82, 2.24) is 20.5 Å². The van der Waals surface area contributed by atoms with Gasteiger partial charge in [0.15, 0.2) is 11.4 Å². The number of H-pyrrole nitrogens is 1. The number of aromatic amines is 1. The zero-order valence-electron chi connectivity index (χ0n) is 23.0. The van der Waals surface area contributed by atoms with Gasteiger partial charge in [-0.3, -0.25) is 5.10 Å². The highest BCUT2D eigenvalue weighted by Gasteiger charge is 2.51. The second-order valence-corrected chi connectivity index (χ2v) is 13.4. The van der Waals surface area contributed by atoms with E-state index in [0.717, 1.165) is 64.6 Å². The van der Waals surface area contributed by atoms with Crippen molar-refractivity contribution in [3.63, 3.8) is 0 Å². The van der Waals surface area contributed by atoms with Gasteiger partial charge in [-0.15, -0.1) is 0 Å². The van der Waals surface area contributed by atoms with Gasteiger partial charge in [-0.1, -0.05) is 48.2 Å². The Morgan fingerprint density at radius 3 is 2.27 bits per heavy atom. The third-order valence-electron chi connectivity index (χ3n) is 9.27. The summed E-state index contributed by atoms with van der Waals surface area (Å²) in [5.74, 6) is 3.05. The Morgan fingerprint density at radius 1 is 0.951 bits per heavy atom. The van der Waals surface area contributed by atoms with Gasteiger partial charge in [0, 0.05) is 29.0 Å². The molecule has 1 aromatic heterocycles. The molecule has 3 atom stereocenters. The third-order valence-corrected chi connectivity index (χ3v) is 10.3. The molecule has 2 aromatic carbocycles. The number of carbonyl (C=O) groups is 1. The van der Waals surface area contributed by atoms with Gasteiger partial charge in [0.1, 0.15) is 6.33 Å². The van der Waals surface area contributed by atoms with Crippen LogP contribution >= 0.6 is 11.8 Å².